The first-order valence-corrected chi connectivity index (χ1v) is 9.15. The molecular weight excluding hydrogens is 288 g/mol. The summed E-state index contributed by atoms with van der Waals surface area (Å²) in [5.41, 5.74) is 1.59. The summed E-state index contributed by atoms with van der Waals surface area (Å²) >= 11 is 0. The molecule has 1 fully saturated rings. The largest absolute Gasteiger partial charge is 0.385 e. The van der Waals surface area contributed by atoms with Gasteiger partial charge in [0.15, 0.2) is 9.84 Å². The number of sulfone groups is 1. The van der Waals surface area contributed by atoms with Crippen LogP contribution >= 0.6 is 0 Å². The summed E-state index contributed by atoms with van der Waals surface area (Å²) in [6.07, 6.45) is 1.69. The molecule has 21 heavy (non-hydrogen) atoms. The van der Waals surface area contributed by atoms with Crippen LogP contribution in [0.1, 0.15) is 30.1 Å². The fraction of sp³-hybridized carbons (Fsp3) is 0.533. The van der Waals surface area contributed by atoms with Crippen molar-refractivity contribution in [1.29, 1.82) is 0 Å². The Morgan fingerprint density at radius 2 is 2.00 bits per heavy atom. The Hall–Kier alpha value is -1.56. The van der Waals surface area contributed by atoms with E-state index in [0.29, 0.717) is 18.5 Å². The van der Waals surface area contributed by atoms with E-state index in [1.54, 1.807) is 12.1 Å². The third-order valence-electron chi connectivity index (χ3n) is 3.60. The molecule has 1 aromatic carbocycles. The summed E-state index contributed by atoms with van der Waals surface area (Å²) in [6.45, 7) is 3.42. The van der Waals surface area contributed by atoms with Crippen LogP contribution in [-0.2, 0) is 9.84 Å². The molecule has 1 heterocycles. The van der Waals surface area contributed by atoms with Crippen molar-refractivity contribution in [3.8, 4) is 0 Å². The Balaban J connectivity index is 1.83. The predicted molar refractivity (Wildman–Crippen MR) is 84.3 cm³/mol. The SMILES string of the molecule is CCCNc1ccc(C(=O)NCC2CCS(=O)(=O)C2)cc1. The topological polar surface area (TPSA) is 75.3 Å². The van der Waals surface area contributed by atoms with E-state index in [0.717, 1.165) is 18.7 Å². The zero-order chi connectivity index (χ0) is 15.3. The van der Waals surface area contributed by atoms with E-state index < -0.39 is 9.84 Å². The van der Waals surface area contributed by atoms with Crippen LogP contribution in [0.5, 0.6) is 0 Å². The van der Waals surface area contributed by atoms with Gasteiger partial charge in [-0.25, -0.2) is 8.42 Å². The fourth-order valence-electron chi connectivity index (χ4n) is 2.38. The van der Waals surface area contributed by atoms with E-state index in [-0.39, 0.29) is 23.3 Å². The molecule has 2 rings (SSSR count). The molecule has 0 spiro atoms. The van der Waals surface area contributed by atoms with Crippen molar-refractivity contribution < 1.29 is 13.2 Å². The molecule has 2 N–H and O–H groups in total. The van der Waals surface area contributed by atoms with Crippen molar-refractivity contribution in [3.63, 3.8) is 0 Å². The number of hydrogen-bond donors (Lipinski definition) is 2. The van der Waals surface area contributed by atoms with Gasteiger partial charge >= 0.3 is 0 Å². The lowest BCUT2D eigenvalue weighted by molar-refractivity contribution is 0.0948. The van der Waals surface area contributed by atoms with E-state index in [4.69, 9.17) is 0 Å². The van der Waals surface area contributed by atoms with Crippen LogP contribution in [-0.4, -0.2) is 38.9 Å². The van der Waals surface area contributed by atoms with Gasteiger partial charge in [0.2, 0.25) is 0 Å². The first-order chi connectivity index (χ1) is 10.00. The van der Waals surface area contributed by atoms with Gasteiger partial charge < -0.3 is 10.6 Å². The van der Waals surface area contributed by atoms with Gasteiger partial charge in [-0.1, -0.05) is 6.92 Å². The molecule has 5 nitrogen and oxygen atoms in total. The fourth-order valence-corrected chi connectivity index (χ4v) is 4.24. The number of benzene rings is 1. The minimum absolute atomic E-state index is 0.0458. The lowest BCUT2D eigenvalue weighted by Crippen LogP contribution is -2.29. The monoisotopic (exact) mass is 310 g/mol. The van der Waals surface area contributed by atoms with Gasteiger partial charge in [0, 0.05) is 24.3 Å². The number of amides is 1. The summed E-state index contributed by atoms with van der Waals surface area (Å²) < 4.78 is 22.7. The first-order valence-electron chi connectivity index (χ1n) is 7.33. The molecule has 116 valence electrons. The van der Waals surface area contributed by atoms with E-state index in [1.165, 1.54) is 0 Å². The molecule has 0 aliphatic carbocycles. The number of hydrogen-bond acceptors (Lipinski definition) is 4. The van der Waals surface area contributed by atoms with Crippen molar-refractivity contribution in [3.05, 3.63) is 29.8 Å². The molecule has 1 saturated heterocycles. The van der Waals surface area contributed by atoms with Gasteiger partial charge in [0.05, 0.1) is 11.5 Å². The quantitative estimate of drug-likeness (QED) is 0.838. The third-order valence-corrected chi connectivity index (χ3v) is 5.44. The van der Waals surface area contributed by atoms with E-state index in [9.17, 15) is 13.2 Å². The zero-order valence-electron chi connectivity index (χ0n) is 12.3. The molecule has 0 radical (unpaired) electrons. The number of carbonyl (C=O) groups is 1. The van der Waals surface area contributed by atoms with Gasteiger partial charge in [-0.05, 0) is 43.0 Å². The molecule has 1 aliphatic heterocycles. The second kappa shape index (κ2) is 6.93. The third kappa shape index (κ3) is 4.74. The van der Waals surface area contributed by atoms with Crippen LogP contribution in [0.2, 0.25) is 0 Å². The molecule has 1 amide bonds. The number of nitrogens with one attached hydrogen (secondary N) is 2. The zero-order valence-corrected chi connectivity index (χ0v) is 13.1. The standard InChI is InChI=1S/C15H22N2O3S/c1-2-8-16-14-5-3-13(4-6-14)15(18)17-10-12-7-9-21(19,20)11-12/h3-6,12,16H,2,7-11H2,1H3,(H,17,18). The smallest absolute Gasteiger partial charge is 0.251 e. The van der Waals surface area contributed by atoms with Crippen molar-refractivity contribution in [2.45, 2.75) is 19.8 Å². The van der Waals surface area contributed by atoms with E-state index >= 15 is 0 Å². The van der Waals surface area contributed by atoms with Gasteiger partial charge in [-0.3, -0.25) is 4.79 Å². The van der Waals surface area contributed by atoms with Gasteiger partial charge in [-0.2, -0.15) is 0 Å². The highest BCUT2D eigenvalue weighted by molar-refractivity contribution is 7.91. The molecule has 1 aromatic rings. The van der Waals surface area contributed by atoms with Crippen LogP contribution in [0.3, 0.4) is 0 Å². The molecule has 1 unspecified atom stereocenters. The Labute approximate surface area is 126 Å². The highest BCUT2D eigenvalue weighted by Crippen LogP contribution is 2.17. The number of anilines is 1. The lowest BCUT2D eigenvalue weighted by atomic mass is 10.1. The van der Waals surface area contributed by atoms with Gasteiger partial charge in [0.1, 0.15) is 0 Å². The molecular formula is C15H22N2O3S. The van der Waals surface area contributed by atoms with Crippen LogP contribution < -0.4 is 10.6 Å². The second-order valence-corrected chi connectivity index (χ2v) is 7.71. The first kappa shape index (κ1) is 15.8. The van der Waals surface area contributed by atoms with Crippen LogP contribution in [0.4, 0.5) is 5.69 Å². The summed E-state index contributed by atoms with van der Waals surface area (Å²) in [5.74, 6) is 0.323. The molecule has 6 heteroatoms. The highest BCUT2D eigenvalue weighted by Gasteiger charge is 2.27. The van der Waals surface area contributed by atoms with Gasteiger partial charge in [0.25, 0.3) is 5.91 Å². The Morgan fingerprint density at radius 3 is 2.57 bits per heavy atom. The van der Waals surface area contributed by atoms with Crippen molar-refractivity contribution >= 4 is 21.4 Å². The summed E-state index contributed by atoms with van der Waals surface area (Å²) in [5, 5.41) is 6.07. The number of carbonyl (C=O) groups excluding carboxylic acids is 1. The Bertz CT molecular complexity index is 581. The van der Waals surface area contributed by atoms with Crippen LogP contribution in [0.25, 0.3) is 0 Å². The van der Waals surface area contributed by atoms with Crippen molar-refractivity contribution in [2.24, 2.45) is 5.92 Å². The highest BCUT2D eigenvalue weighted by atomic mass is 32.2. The predicted octanol–water partition coefficient (Wildman–Crippen LogP) is 1.67. The molecule has 0 bridgehead atoms. The van der Waals surface area contributed by atoms with Crippen molar-refractivity contribution in [1.82, 2.24) is 5.32 Å². The molecule has 1 atom stereocenters. The minimum atomic E-state index is -2.88. The summed E-state index contributed by atoms with van der Waals surface area (Å²) in [4.78, 5) is 12.0. The molecule has 0 saturated carbocycles. The summed E-state index contributed by atoms with van der Waals surface area (Å²) in [7, 11) is -2.88. The average Bonchev–Trinajstić information content (AvgIpc) is 2.82. The lowest BCUT2D eigenvalue weighted by Gasteiger charge is -2.10. The maximum absolute atomic E-state index is 12.0. The molecule has 1 aliphatic rings. The van der Waals surface area contributed by atoms with Gasteiger partial charge in [-0.15, -0.1) is 0 Å². The normalized spacial score (nSPS) is 20.1. The number of rotatable bonds is 6. The van der Waals surface area contributed by atoms with Crippen LogP contribution in [0, 0.1) is 5.92 Å². The van der Waals surface area contributed by atoms with E-state index in [2.05, 4.69) is 17.6 Å². The van der Waals surface area contributed by atoms with Crippen LogP contribution in [0.15, 0.2) is 24.3 Å². The summed E-state index contributed by atoms with van der Waals surface area (Å²) in [6, 6.07) is 7.31. The van der Waals surface area contributed by atoms with E-state index in [1.807, 2.05) is 12.1 Å². The Morgan fingerprint density at radius 1 is 1.29 bits per heavy atom. The molecule has 0 aromatic heterocycles. The second-order valence-electron chi connectivity index (χ2n) is 5.48. The van der Waals surface area contributed by atoms with Crippen molar-refractivity contribution in [2.75, 3.05) is 29.9 Å². The maximum Gasteiger partial charge on any atom is 0.251 e. The Kier molecular flexibility index (Phi) is 5.22. The minimum Gasteiger partial charge on any atom is -0.385 e. The average molecular weight is 310 g/mol. The maximum atomic E-state index is 12.0.